The third-order valence-electron chi connectivity index (χ3n) is 3.05. The summed E-state index contributed by atoms with van der Waals surface area (Å²) >= 11 is 6.06. The molecule has 2 aromatic carbocycles. The highest BCUT2D eigenvalue weighted by Crippen LogP contribution is 2.27. The molecule has 0 spiro atoms. The summed E-state index contributed by atoms with van der Waals surface area (Å²) in [5, 5.41) is 0.581. The number of nitrogens with zero attached hydrogens (tertiary/aromatic N) is 2. The van der Waals surface area contributed by atoms with Crippen molar-refractivity contribution >= 4 is 22.5 Å². The van der Waals surface area contributed by atoms with Gasteiger partial charge in [-0.3, -0.25) is 0 Å². The number of aromatic nitrogens is 2. The highest BCUT2D eigenvalue weighted by Gasteiger charge is 2.11. The van der Waals surface area contributed by atoms with E-state index >= 15 is 0 Å². The summed E-state index contributed by atoms with van der Waals surface area (Å²) < 4.78 is 26.6. The average Bonchev–Trinajstić information content (AvgIpc) is 2.42. The van der Waals surface area contributed by atoms with E-state index in [2.05, 4.69) is 9.97 Å². The molecule has 0 aliphatic carbocycles. The molecule has 0 fully saturated rings. The standard InChI is InChI=1S/C15H9ClF2N2/c1-8-2-3-9(17)6-11(8)15-19-13-5-4-10(18)7-12(13)14(16)20-15/h2-7H,1H3. The van der Waals surface area contributed by atoms with Crippen LogP contribution in [-0.4, -0.2) is 9.97 Å². The van der Waals surface area contributed by atoms with Gasteiger partial charge in [0.1, 0.15) is 16.8 Å². The fourth-order valence-electron chi connectivity index (χ4n) is 2.02. The molecule has 100 valence electrons. The minimum atomic E-state index is -0.405. The van der Waals surface area contributed by atoms with Crippen molar-refractivity contribution < 1.29 is 8.78 Å². The number of hydrogen-bond acceptors (Lipinski definition) is 2. The van der Waals surface area contributed by atoms with Gasteiger partial charge in [0.25, 0.3) is 0 Å². The van der Waals surface area contributed by atoms with Crippen LogP contribution in [0.25, 0.3) is 22.3 Å². The molecule has 0 N–H and O–H groups in total. The van der Waals surface area contributed by atoms with E-state index in [1.807, 2.05) is 6.92 Å². The third kappa shape index (κ3) is 2.23. The minimum absolute atomic E-state index is 0.146. The molecule has 0 aliphatic heterocycles. The summed E-state index contributed by atoms with van der Waals surface area (Å²) in [5.74, 6) is -0.451. The number of rotatable bonds is 1. The molecule has 1 aromatic heterocycles. The largest absolute Gasteiger partial charge is 0.228 e. The Hall–Kier alpha value is -2.07. The van der Waals surface area contributed by atoms with Gasteiger partial charge in [-0.25, -0.2) is 18.7 Å². The van der Waals surface area contributed by atoms with Crippen LogP contribution in [0.2, 0.25) is 5.15 Å². The van der Waals surface area contributed by atoms with Crippen molar-refractivity contribution in [3.8, 4) is 11.4 Å². The van der Waals surface area contributed by atoms with Crippen LogP contribution >= 0.6 is 11.6 Å². The van der Waals surface area contributed by atoms with E-state index < -0.39 is 5.82 Å². The van der Waals surface area contributed by atoms with Crippen LogP contribution in [0.15, 0.2) is 36.4 Å². The normalized spacial score (nSPS) is 11.0. The van der Waals surface area contributed by atoms with Gasteiger partial charge in [-0.15, -0.1) is 0 Å². The molecule has 0 unspecified atom stereocenters. The Labute approximate surface area is 119 Å². The highest BCUT2D eigenvalue weighted by atomic mass is 35.5. The number of halogens is 3. The summed E-state index contributed by atoms with van der Waals surface area (Å²) in [5.41, 5.74) is 1.92. The van der Waals surface area contributed by atoms with E-state index in [1.165, 1.54) is 30.3 Å². The lowest BCUT2D eigenvalue weighted by Gasteiger charge is -2.07. The third-order valence-corrected chi connectivity index (χ3v) is 3.34. The van der Waals surface area contributed by atoms with Crippen molar-refractivity contribution in [2.24, 2.45) is 0 Å². The van der Waals surface area contributed by atoms with E-state index in [0.717, 1.165) is 5.56 Å². The molecule has 3 aromatic rings. The lowest BCUT2D eigenvalue weighted by atomic mass is 10.1. The van der Waals surface area contributed by atoms with Gasteiger partial charge in [-0.05, 0) is 42.8 Å². The Morgan fingerprint density at radius 3 is 2.45 bits per heavy atom. The fourth-order valence-corrected chi connectivity index (χ4v) is 2.25. The maximum Gasteiger partial charge on any atom is 0.161 e. The Bertz CT molecular complexity index is 818. The molecule has 2 nitrogen and oxygen atoms in total. The minimum Gasteiger partial charge on any atom is -0.228 e. The Kier molecular flexibility index (Phi) is 3.10. The molecular formula is C15H9ClF2N2. The first-order valence-corrected chi connectivity index (χ1v) is 6.32. The first-order chi connectivity index (χ1) is 9.54. The maximum atomic E-state index is 13.4. The van der Waals surface area contributed by atoms with Crippen molar-refractivity contribution in [1.82, 2.24) is 9.97 Å². The number of fused-ring (bicyclic) bond motifs is 1. The molecule has 5 heteroatoms. The summed E-state index contributed by atoms with van der Waals surface area (Å²) in [4.78, 5) is 8.46. The van der Waals surface area contributed by atoms with E-state index in [4.69, 9.17) is 11.6 Å². The summed E-state index contributed by atoms with van der Waals surface area (Å²) in [7, 11) is 0. The predicted molar refractivity (Wildman–Crippen MR) is 74.6 cm³/mol. The second kappa shape index (κ2) is 4.80. The first kappa shape index (κ1) is 12.9. The van der Waals surface area contributed by atoms with Crippen LogP contribution in [0.1, 0.15) is 5.56 Å². The monoisotopic (exact) mass is 290 g/mol. The van der Waals surface area contributed by atoms with Gasteiger partial charge in [-0.1, -0.05) is 17.7 Å². The molecule has 0 atom stereocenters. The molecule has 0 bridgehead atoms. The second-order valence-electron chi connectivity index (χ2n) is 4.46. The van der Waals surface area contributed by atoms with E-state index in [0.29, 0.717) is 22.3 Å². The Balaban J connectivity index is 2.27. The van der Waals surface area contributed by atoms with Crippen LogP contribution < -0.4 is 0 Å². The molecule has 0 radical (unpaired) electrons. The second-order valence-corrected chi connectivity index (χ2v) is 4.82. The summed E-state index contributed by atoms with van der Waals surface area (Å²) in [6.07, 6.45) is 0. The van der Waals surface area contributed by atoms with Gasteiger partial charge in [0, 0.05) is 10.9 Å². The van der Waals surface area contributed by atoms with Crippen molar-refractivity contribution in [2.75, 3.05) is 0 Å². The zero-order valence-corrected chi connectivity index (χ0v) is 11.2. The topological polar surface area (TPSA) is 25.8 Å². The van der Waals surface area contributed by atoms with Crippen LogP contribution in [0.5, 0.6) is 0 Å². The van der Waals surface area contributed by atoms with E-state index in [1.54, 1.807) is 6.07 Å². The zero-order valence-electron chi connectivity index (χ0n) is 10.5. The highest BCUT2D eigenvalue weighted by molar-refractivity contribution is 6.34. The first-order valence-electron chi connectivity index (χ1n) is 5.94. The molecular weight excluding hydrogens is 282 g/mol. The quantitative estimate of drug-likeness (QED) is 0.615. The van der Waals surface area contributed by atoms with Gasteiger partial charge in [0.05, 0.1) is 5.52 Å². The van der Waals surface area contributed by atoms with Gasteiger partial charge in [0.15, 0.2) is 5.82 Å². The van der Waals surface area contributed by atoms with Gasteiger partial charge in [0.2, 0.25) is 0 Å². The molecule has 0 saturated heterocycles. The van der Waals surface area contributed by atoms with Crippen LogP contribution in [-0.2, 0) is 0 Å². The molecule has 3 rings (SSSR count). The number of benzene rings is 2. The average molecular weight is 291 g/mol. The van der Waals surface area contributed by atoms with Crippen molar-refractivity contribution in [3.63, 3.8) is 0 Å². The van der Waals surface area contributed by atoms with E-state index in [-0.39, 0.29) is 11.0 Å². The number of aryl methyl sites for hydroxylation is 1. The van der Waals surface area contributed by atoms with Gasteiger partial charge >= 0.3 is 0 Å². The van der Waals surface area contributed by atoms with Crippen molar-refractivity contribution in [1.29, 1.82) is 0 Å². The van der Waals surface area contributed by atoms with Crippen LogP contribution in [0.3, 0.4) is 0 Å². The lowest BCUT2D eigenvalue weighted by Crippen LogP contribution is -1.95. The van der Waals surface area contributed by atoms with E-state index in [9.17, 15) is 8.78 Å². The zero-order chi connectivity index (χ0) is 14.3. The van der Waals surface area contributed by atoms with Crippen LogP contribution in [0, 0.1) is 18.6 Å². The SMILES string of the molecule is Cc1ccc(F)cc1-c1nc(Cl)c2cc(F)ccc2n1. The molecule has 20 heavy (non-hydrogen) atoms. The molecule has 0 saturated carbocycles. The fraction of sp³-hybridized carbons (Fsp3) is 0.0667. The predicted octanol–water partition coefficient (Wildman–Crippen LogP) is 4.54. The Morgan fingerprint density at radius 1 is 0.950 bits per heavy atom. The number of hydrogen-bond donors (Lipinski definition) is 0. The van der Waals surface area contributed by atoms with Crippen molar-refractivity contribution in [2.45, 2.75) is 6.92 Å². The van der Waals surface area contributed by atoms with Gasteiger partial charge in [-0.2, -0.15) is 0 Å². The maximum absolute atomic E-state index is 13.4. The molecule has 0 aliphatic rings. The summed E-state index contributed by atoms with van der Waals surface area (Å²) in [6.45, 7) is 1.83. The lowest BCUT2D eigenvalue weighted by molar-refractivity contribution is 0.627. The smallest absolute Gasteiger partial charge is 0.161 e. The molecule has 1 heterocycles. The van der Waals surface area contributed by atoms with Crippen molar-refractivity contribution in [3.05, 3.63) is 58.7 Å². The summed E-state index contributed by atoms with van der Waals surface area (Å²) in [6, 6.07) is 8.48. The van der Waals surface area contributed by atoms with Gasteiger partial charge < -0.3 is 0 Å². The van der Waals surface area contributed by atoms with Crippen LogP contribution in [0.4, 0.5) is 8.78 Å². The molecule has 0 amide bonds. The Morgan fingerprint density at radius 2 is 1.65 bits per heavy atom.